The summed E-state index contributed by atoms with van der Waals surface area (Å²) in [5.41, 5.74) is 4.18. The molecule has 6 rings (SSSR count). The summed E-state index contributed by atoms with van der Waals surface area (Å²) >= 11 is 12.1. The molecule has 7 heteroatoms. The summed E-state index contributed by atoms with van der Waals surface area (Å²) < 4.78 is 5.89. The zero-order chi connectivity index (χ0) is 28.9. The predicted molar refractivity (Wildman–Crippen MR) is 175 cm³/mol. The molecule has 42 heavy (non-hydrogen) atoms. The second kappa shape index (κ2) is 12.3. The maximum atomic E-state index is 13.7. The van der Waals surface area contributed by atoms with Crippen molar-refractivity contribution < 1.29 is 9.53 Å². The van der Waals surface area contributed by atoms with Gasteiger partial charge in [0.1, 0.15) is 17.0 Å². The molecule has 1 amide bonds. The average Bonchev–Trinajstić information content (AvgIpc) is 3.02. The number of thiocarbonyl (C=S) groups is 1. The Bertz CT molecular complexity index is 1670. The van der Waals surface area contributed by atoms with Gasteiger partial charge in [0.05, 0.1) is 11.3 Å². The van der Waals surface area contributed by atoms with Gasteiger partial charge in [-0.15, -0.1) is 0 Å². The molecule has 1 atom stereocenters. The number of carbonyl (C=O) groups is 1. The lowest BCUT2D eigenvalue weighted by molar-refractivity contribution is -0.114. The number of ether oxygens (including phenoxy) is 1. The van der Waals surface area contributed by atoms with E-state index in [1.807, 2.05) is 91.0 Å². The van der Waals surface area contributed by atoms with E-state index in [1.54, 1.807) is 30.3 Å². The van der Waals surface area contributed by atoms with Crippen LogP contribution in [0.5, 0.6) is 11.5 Å². The van der Waals surface area contributed by atoms with Gasteiger partial charge in [-0.3, -0.25) is 9.69 Å². The number of alkyl halides is 1. The molecule has 1 aliphatic rings. The Balaban J connectivity index is 1.25. The van der Waals surface area contributed by atoms with Crippen molar-refractivity contribution in [1.82, 2.24) is 5.32 Å². The van der Waals surface area contributed by atoms with Gasteiger partial charge in [-0.05, 0) is 96.7 Å². The van der Waals surface area contributed by atoms with E-state index in [1.165, 1.54) is 4.90 Å². The van der Waals surface area contributed by atoms with Gasteiger partial charge in [-0.25, -0.2) is 0 Å². The number of nitrogens with zero attached hydrogens (tertiary/aromatic N) is 2. The van der Waals surface area contributed by atoms with Crippen LogP contribution < -0.4 is 19.9 Å². The lowest BCUT2D eigenvalue weighted by atomic mass is 10.1. The van der Waals surface area contributed by atoms with Crippen molar-refractivity contribution in [3.05, 3.63) is 151 Å². The number of para-hydroxylation sites is 3. The van der Waals surface area contributed by atoms with Crippen LogP contribution in [-0.2, 0) is 4.79 Å². The van der Waals surface area contributed by atoms with E-state index in [2.05, 4.69) is 34.5 Å². The van der Waals surface area contributed by atoms with Crippen molar-refractivity contribution in [1.29, 1.82) is 0 Å². The molecule has 0 spiro atoms. The Labute approximate surface area is 255 Å². The third-order valence-corrected chi connectivity index (χ3v) is 7.40. The van der Waals surface area contributed by atoms with Gasteiger partial charge in [0.15, 0.2) is 5.11 Å². The van der Waals surface area contributed by atoms with E-state index >= 15 is 0 Å². The highest BCUT2D eigenvalue weighted by molar-refractivity contribution is 7.80. The summed E-state index contributed by atoms with van der Waals surface area (Å²) in [7, 11) is 0. The molecule has 206 valence electrons. The van der Waals surface area contributed by atoms with Crippen LogP contribution in [0.1, 0.15) is 5.56 Å². The number of amides is 1. The fraction of sp³-hybridized carbons (Fsp3) is 0.0286. The first-order chi connectivity index (χ1) is 20.6. The highest BCUT2D eigenvalue weighted by atomic mass is 35.5. The number of rotatable bonds is 7. The normalized spacial score (nSPS) is 15.8. The van der Waals surface area contributed by atoms with Crippen LogP contribution in [0.2, 0.25) is 0 Å². The second-order valence-electron chi connectivity index (χ2n) is 9.56. The lowest BCUT2D eigenvalue weighted by Gasteiger charge is -2.33. The first-order valence-electron chi connectivity index (χ1n) is 13.4. The second-order valence-corrected chi connectivity index (χ2v) is 10.4. The van der Waals surface area contributed by atoms with Gasteiger partial charge in [-0.1, -0.05) is 78.3 Å². The molecule has 0 bridgehead atoms. The van der Waals surface area contributed by atoms with Gasteiger partial charge in [0.25, 0.3) is 5.91 Å². The van der Waals surface area contributed by atoms with Crippen LogP contribution in [0.4, 0.5) is 22.7 Å². The SMILES string of the molecule is O=C1C(=Cc2ccc(N(c3ccccc3)c3ccccc3)cc2)C(Cl)NC(=S)N1c1ccc(Oc2ccccc2)cc1. The number of halogens is 1. The van der Waals surface area contributed by atoms with Crippen LogP contribution in [0, 0.1) is 0 Å². The maximum absolute atomic E-state index is 13.7. The molecule has 0 saturated carbocycles. The lowest BCUT2D eigenvalue weighted by Crippen LogP contribution is -2.54. The standard InChI is InChI=1S/C35H26ClN3O2S/c36-33-32(34(40)39(35(42)37-33)29-20-22-31(23-21-29)41-30-14-8-3-9-15-30)24-25-16-18-28(19-17-25)38(26-10-4-1-5-11-26)27-12-6-2-7-13-27/h1-24,33H,(H,37,42). The number of anilines is 4. The molecule has 0 aliphatic carbocycles. The number of nitrogens with one attached hydrogen (secondary N) is 1. The summed E-state index contributed by atoms with van der Waals surface area (Å²) in [5, 5.41) is 3.29. The molecular weight excluding hydrogens is 562 g/mol. The maximum Gasteiger partial charge on any atom is 0.263 e. The quantitative estimate of drug-likeness (QED) is 0.0892. The minimum absolute atomic E-state index is 0.241. The zero-order valence-electron chi connectivity index (χ0n) is 22.4. The van der Waals surface area contributed by atoms with Gasteiger partial charge in [-0.2, -0.15) is 0 Å². The van der Waals surface area contributed by atoms with Crippen molar-refractivity contribution in [2.24, 2.45) is 0 Å². The molecule has 1 aliphatic heterocycles. The Morgan fingerprint density at radius 3 is 1.76 bits per heavy atom. The van der Waals surface area contributed by atoms with Crippen LogP contribution in [-0.4, -0.2) is 16.5 Å². The minimum atomic E-state index is -0.758. The number of hydrogen-bond donors (Lipinski definition) is 1. The highest BCUT2D eigenvalue weighted by Crippen LogP contribution is 2.35. The Morgan fingerprint density at radius 1 is 0.690 bits per heavy atom. The molecule has 1 unspecified atom stereocenters. The monoisotopic (exact) mass is 587 g/mol. The van der Waals surface area contributed by atoms with E-state index in [-0.39, 0.29) is 11.0 Å². The fourth-order valence-corrected chi connectivity index (χ4v) is 5.37. The smallest absolute Gasteiger partial charge is 0.263 e. The summed E-state index contributed by atoms with van der Waals surface area (Å²) in [6.07, 6.45) is 1.80. The van der Waals surface area contributed by atoms with Crippen molar-refractivity contribution >= 4 is 63.7 Å². The van der Waals surface area contributed by atoms with Gasteiger partial charge in [0.2, 0.25) is 0 Å². The molecule has 0 radical (unpaired) electrons. The molecule has 1 saturated heterocycles. The van der Waals surface area contributed by atoms with E-state index < -0.39 is 5.50 Å². The van der Waals surface area contributed by atoms with E-state index in [0.717, 1.165) is 28.4 Å². The van der Waals surface area contributed by atoms with Crippen LogP contribution in [0.3, 0.4) is 0 Å². The molecular formula is C35H26ClN3O2S. The third-order valence-electron chi connectivity index (χ3n) is 6.75. The molecule has 5 aromatic rings. The van der Waals surface area contributed by atoms with Crippen LogP contribution >= 0.6 is 23.8 Å². The van der Waals surface area contributed by atoms with Crippen molar-refractivity contribution in [3.63, 3.8) is 0 Å². The summed E-state index contributed by atoms with van der Waals surface area (Å²) in [5.74, 6) is 1.10. The molecule has 5 aromatic carbocycles. The molecule has 5 nitrogen and oxygen atoms in total. The predicted octanol–water partition coefficient (Wildman–Crippen LogP) is 8.82. The van der Waals surface area contributed by atoms with Crippen molar-refractivity contribution in [2.45, 2.75) is 5.50 Å². The van der Waals surface area contributed by atoms with E-state index in [9.17, 15) is 4.79 Å². The first kappa shape index (κ1) is 27.3. The van der Waals surface area contributed by atoms with Crippen LogP contribution in [0.25, 0.3) is 6.08 Å². The largest absolute Gasteiger partial charge is 0.457 e. The van der Waals surface area contributed by atoms with Crippen LogP contribution in [0.15, 0.2) is 145 Å². The number of benzene rings is 5. The highest BCUT2D eigenvalue weighted by Gasteiger charge is 2.34. The Hall–Kier alpha value is -4.91. The summed E-state index contributed by atoms with van der Waals surface area (Å²) in [6, 6.07) is 45.1. The molecule has 1 N–H and O–H groups in total. The minimum Gasteiger partial charge on any atom is -0.457 e. The topological polar surface area (TPSA) is 44.8 Å². The summed E-state index contributed by atoms with van der Waals surface area (Å²) in [6.45, 7) is 0. The Kier molecular flexibility index (Phi) is 7.99. The molecule has 1 heterocycles. The van der Waals surface area contributed by atoms with Crippen molar-refractivity contribution in [3.8, 4) is 11.5 Å². The number of carbonyl (C=O) groups excluding carboxylic acids is 1. The summed E-state index contributed by atoms with van der Waals surface area (Å²) in [4.78, 5) is 17.3. The van der Waals surface area contributed by atoms with E-state index in [0.29, 0.717) is 17.0 Å². The Morgan fingerprint density at radius 2 is 1.19 bits per heavy atom. The van der Waals surface area contributed by atoms with E-state index in [4.69, 9.17) is 28.6 Å². The third kappa shape index (κ3) is 5.91. The number of hydrogen-bond acceptors (Lipinski definition) is 4. The fourth-order valence-electron chi connectivity index (χ4n) is 4.74. The van der Waals surface area contributed by atoms with Gasteiger partial charge < -0.3 is 15.0 Å². The van der Waals surface area contributed by atoms with Crippen molar-refractivity contribution in [2.75, 3.05) is 9.80 Å². The van der Waals surface area contributed by atoms with Gasteiger partial charge in [0, 0.05) is 17.1 Å². The first-order valence-corrected chi connectivity index (χ1v) is 14.3. The average molecular weight is 588 g/mol. The zero-order valence-corrected chi connectivity index (χ0v) is 24.0. The molecule has 0 aromatic heterocycles. The molecule has 1 fully saturated rings. The van der Waals surface area contributed by atoms with Gasteiger partial charge >= 0.3 is 0 Å².